The highest BCUT2D eigenvalue weighted by Gasteiger charge is 2.04. The van der Waals surface area contributed by atoms with Crippen molar-refractivity contribution in [1.29, 1.82) is 0 Å². The second-order valence-electron chi connectivity index (χ2n) is 4.66. The van der Waals surface area contributed by atoms with Crippen LogP contribution in [0.1, 0.15) is 42.6 Å². The second-order valence-corrected chi connectivity index (χ2v) is 4.66. The monoisotopic (exact) mass is 291 g/mol. The first kappa shape index (κ1) is 17.0. The minimum Gasteiger partial charge on any atom is -0.465 e. The molecule has 0 atom stereocenters. The molecule has 0 unspecified atom stereocenters. The lowest BCUT2D eigenvalue weighted by atomic mass is 10.1. The molecule has 21 heavy (non-hydrogen) atoms. The smallest absolute Gasteiger partial charge is 0.337 e. The molecule has 0 saturated carbocycles. The number of unbranched alkanes of at least 4 members (excludes halogenated alkanes) is 1. The largest absolute Gasteiger partial charge is 0.465 e. The fourth-order valence-corrected chi connectivity index (χ4v) is 1.76. The molecule has 0 saturated heterocycles. The van der Waals surface area contributed by atoms with Crippen molar-refractivity contribution in [3.8, 4) is 0 Å². The van der Waals surface area contributed by atoms with Gasteiger partial charge in [-0.05, 0) is 31.0 Å². The van der Waals surface area contributed by atoms with Gasteiger partial charge < -0.3 is 15.4 Å². The molecule has 0 aliphatic rings. The molecule has 0 fully saturated rings. The van der Waals surface area contributed by atoms with Crippen molar-refractivity contribution in [3.63, 3.8) is 0 Å². The summed E-state index contributed by atoms with van der Waals surface area (Å²) in [6.45, 7) is 6.53. The maximum Gasteiger partial charge on any atom is 0.337 e. The van der Waals surface area contributed by atoms with Crippen LogP contribution in [0.25, 0.3) is 0 Å². The van der Waals surface area contributed by atoms with Crippen molar-refractivity contribution in [2.45, 2.75) is 33.2 Å². The van der Waals surface area contributed by atoms with Crippen molar-refractivity contribution in [1.82, 2.24) is 10.6 Å². The molecule has 0 heterocycles. The second kappa shape index (κ2) is 9.80. The predicted molar refractivity (Wildman–Crippen MR) is 85.5 cm³/mol. The fourth-order valence-electron chi connectivity index (χ4n) is 1.76. The summed E-state index contributed by atoms with van der Waals surface area (Å²) in [5, 5.41) is 6.51. The molecule has 5 nitrogen and oxygen atoms in total. The van der Waals surface area contributed by atoms with Gasteiger partial charge >= 0.3 is 5.97 Å². The number of carbonyl (C=O) groups excluding carboxylic acids is 1. The number of aliphatic imine (C=N–C) groups is 1. The van der Waals surface area contributed by atoms with Crippen LogP contribution in [0.15, 0.2) is 29.3 Å². The Bertz CT molecular complexity index is 455. The molecular weight excluding hydrogens is 266 g/mol. The van der Waals surface area contributed by atoms with Gasteiger partial charge in [0.05, 0.1) is 19.2 Å². The van der Waals surface area contributed by atoms with Gasteiger partial charge in [0.15, 0.2) is 5.96 Å². The quantitative estimate of drug-likeness (QED) is 0.350. The molecular formula is C16H25N3O2. The Morgan fingerprint density at radius 2 is 1.90 bits per heavy atom. The standard InChI is InChI=1S/C16H25N3O2/c1-4-6-11-18-16(17-5-2)19-12-13-7-9-14(10-8-13)15(20)21-3/h7-10H,4-6,11-12H2,1-3H3,(H2,17,18,19). The molecule has 1 aromatic carbocycles. The zero-order chi connectivity index (χ0) is 15.5. The number of carbonyl (C=O) groups is 1. The van der Waals surface area contributed by atoms with E-state index in [-0.39, 0.29) is 5.97 Å². The van der Waals surface area contributed by atoms with E-state index in [1.807, 2.05) is 19.1 Å². The molecule has 1 aromatic rings. The highest BCUT2D eigenvalue weighted by Crippen LogP contribution is 2.06. The van der Waals surface area contributed by atoms with E-state index in [0.717, 1.165) is 37.5 Å². The maximum absolute atomic E-state index is 11.4. The molecule has 1 rings (SSSR count). The summed E-state index contributed by atoms with van der Waals surface area (Å²) in [6, 6.07) is 7.30. The van der Waals surface area contributed by atoms with Gasteiger partial charge in [-0.3, -0.25) is 0 Å². The predicted octanol–water partition coefficient (Wildman–Crippen LogP) is 2.33. The number of guanidine groups is 1. The Balaban J connectivity index is 2.60. The summed E-state index contributed by atoms with van der Waals surface area (Å²) in [6.07, 6.45) is 2.28. The zero-order valence-corrected chi connectivity index (χ0v) is 13.1. The average Bonchev–Trinajstić information content (AvgIpc) is 2.52. The highest BCUT2D eigenvalue weighted by atomic mass is 16.5. The van der Waals surface area contributed by atoms with E-state index in [2.05, 4.69) is 27.3 Å². The number of ether oxygens (including phenoxy) is 1. The van der Waals surface area contributed by atoms with E-state index in [4.69, 9.17) is 0 Å². The van der Waals surface area contributed by atoms with Crippen LogP contribution in [0.2, 0.25) is 0 Å². The summed E-state index contributed by atoms with van der Waals surface area (Å²) in [5.74, 6) is 0.502. The summed E-state index contributed by atoms with van der Waals surface area (Å²) in [4.78, 5) is 15.9. The minimum absolute atomic E-state index is 0.320. The van der Waals surface area contributed by atoms with Gasteiger partial charge in [0.2, 0.25) is 0 Å². The average molecular weight is 291 g/mol. The Morgan fingerprint density at radius 3 is 2.48 bits per heavy atom. The van der Waals surface area contributed by atoms with Crippen LogP contribution in [0.4, 0.5) is 0 Å². The van der Waals surface area contributed by atoms with Crippen LogP contribution >= 0.6 is 0 Å². The van der Waals surface area contributed by atoms with Crippen LogP contribution in [0.3, 0.4) is 0 Å². The van der Waals surface area contributed by atoms with Crippen molar-refractivity contribution >= 4 is 11.9 Å². The number of benzene rings is 1. The van der Waals surface area contributed by atoms with E-state index in [0.29, 0.717) is 12.1 Å². The van der Waals surface area contributed by atoms with E-state index >= 15 is 0 Å². The molecule has 5 heteroatoms. The lowest BCUT2D eigenvalue weighted by Crippen LogP contribution is -2.37. The fraction of sp³-hybridized carbons (Fsp3) is 0.500. The first-order valence-corrected chi connectivity index (χ1v) is 7.40. The van der Waals surface area contributed by atoms with Gasteiger partial charge in [0, 0.05) is 13.1 Å². The number of esters is 1. The summed E-state index contributed by atoms with van der Waals surface area (Å²) in [5.41, 5.74) is 1.61. The molecule has 0 bridgehead atoms. The van der Waals surface area contributed by atoms with E-state index in [1.165, 1.54) is 7.11 Å². The van der Waals surface area contributed by atoms with Crippen LogP contribution in [0.5, 0.6) is 0 Å². The zero-order valence-electron chi connectivity index (χ0n) is 13.1. The highest BCUT2D eigenvalue weighted by molar-refractivity contribution is 5.89. The summed E-state index contributed by atoms with van der Waals surface area (Å²) >= 11 is 0. The number of methoxy groups -OCH3 is 1. The van der Waals surface area contributed by atoms with Crippen LogP contribution in [-0.2, 0) is 11.3 Å². The topological polar surface area (TPSA) is 62.7 Å². The SMILES string of the molecule is CCCCNC(=NCc1ccc(C(=O)OC)cc1)NCC. The molecule has 116 valence electrons. The van der Waals surface area contributed by atoms with E-state index in [1.54, 1.807) is 12.1 Å². The maximum atomic E-state index is 11.4. The van der Waals surface area contributed by atoms with E-state index < -0.39 is 0 Å². The molecule has 0 aromatic heterocycles. The van der Waals surface area contributed by atoms with Gasteiger partial charge in [0.25, 0.3) is 0 Å². The van der Waals surface area contributed by atoms with Gasteiger partial charge in [-0.15, -0.1) is 0 Å². The summed E-state index contributed by atoms with van der Waals surface area (Å²) in [7, 11) is 1.38. The first-order valence-electron chi connectivity index (χ1n) is 7.40. The Labute approximate surface area is 126 Å². The van der Waals surface area contributed by atoms with Crippen molar-refractivity contribution in [2.75, 3.05) is 20.2 Å². The van der Waals surface area contributed by atoms with Gasteiger partial charge in [0.1, 0.15) is 0 Å². The molecule has 2 N–H and O–H groups in total. The van der Waals surface area contributed by atoms with E-state index in [9.17, 15) is 4.79 Å². The number of nitrogens with zero attached hydrogens (tertiary/aromatic N) is 1. The van der Waals surface area contributed by atoms with Crippen LogP contribution in [0, 0.1) is 0 Å². The number of hydrogen-bond acceptors (Lipinski definition) is 3. The molecule has 0 amide bonds. The third kappa shape index (κ3) is 6.29. The van der Waals surface area contributed by atoms with Gasteiger partial charge in [-0.1, -0.05) is 25.5 Å². The summed E-state index contributed by atoms with van der Waals surface area (Å²) < 4.78 is 4.67. The molecule has 0 aliphatic carbocycles. The third-order valence-corrected chi connectivity index (χ3v) is 2.96. The lowest BCUT2D eigenvalue weighted by molar-refractivity contribution is 0.0600. The van der Waals surface area contributed by atoms with Gasteiger partial charge in [-0.2, -0.15) is 0 Å². The Hall–Kier alpha value is -2.04. The van der Waals surface area contributed by atoms with Crippen molar-refractivity contribution in [2.24, 2.45) is 4.99 Å². The van der Waals surface area contributed by atoms with Crippen LogP contribution in [-0.4, -0.2) is 32.1 Å². The number of hydrogen-bond donors (Lipinski definition) is 2. The first-order chi connectivity index (χ1) is 10.2. The minimum atomic E-state index is -0.320. The molecule has 0 radical (unpaired) electrons. The Kier molecular flexibility index (Phi) is 7.94. The molecule has 0 aliphatic heterocycles. The van der Waals surface area contributed by atoms with Crippen molar-refractivity contribution in [3.05, 3.63) is 35.4 Å². The number of nitrogens with one attached hydrogen (secondary N) is 2. The molecule has 0 spiro atoms. The van der Waals surface area contributed by atoms with Gasteiger partial charge in [-0.25, -0.2) is 9.79 Å². The lowest BCUT2D eigenvalue weighted by Gasteiger charge is -2.10. The normalized spacial score (nSPS) is 11.1. The third-order valence-electron chi connectivity index (χ3n) is 2.96. The number of rotatable bonds is 7. The van der Waals surface area contributed by atoms with Crippen LogP contribution < -0.4 is 10.6 Å². The van der Waals surface area contributed by atoms with Crippen molar-refractivity contribution < 1.29 is 9.53 Å². The Morgan fingerprint density at radius 1 is 1.19 bits per heavy atom.